The summed E-state index contributed by atoms with van der Waals surface area (Å²) in [7, 11) is 0. The predicted molar refractivity (Wildman–Crippen MR) is 243 cm³/mol. The average molecular weight is 964 g/mol. The van der Waals surface area contributed by atoms with Gasteiger partial charge in [-0.25, -0.2) is 0 Å². The molecule has 6 unspecified atom stereocenters. The summed E-state index contributed by atoms with van der Waals surface area (Å²) in [4.78, 5) is 96.4. The van der Waals surface area contributed by atoms with Crippen molar-refractivity contribution in [1.82, 2.24) is 0 Å². The van der Waals surface area contributed by atoms with Gasteiger partial charge in [0.1, 0.15) is 38.4 Å². The van der Waals surface area contributed by atoms with Gasteiger partial charge in [0.15, 0.2) is 0 Å². The van der Waals surface area contributed by atoms with E-state index in [2.05, 4.69) is 15.9 Å². The van der Waals surface area contributed by atoms with Gasteiger partial charge < -0.3 is 33.2 Å². The third-order valence-electron chi connectivity index (χ3n) is 8.72. The van der Waals surface area contributed by atoms with Crippen LogP contribution >= 0.6 is 15.9 Å². The number of halogens is 1. The smallest absolute Gasteiger partial charge is 0.320 e. The second-order valence-corrected chi connectivity index (χ2v) is 24.2. The Kier molecular flexibility index (Phi) is 22.1. The van der Waals surface area contributed by atoms with Crippen LogP contribution in [0.1, 0.15) is 184 Å². The highest BCUT2D eigenvalue weighted by Crippen LogP contribution is 2.38. The van der Waals surface area contributed by atoms with Crippen LogP contribution in [-0.2, 0) is 66.7 Å². The molecule has 0 aromatic rings. The van der Waals surface area contributed by atoms with E-state index in [0.717, 1.165) is 0 Å². The number of alkyl halides is 1. The zero-order valence-corrected chi connectivity index (χ0v) is 44.1. The normalized spacial score (nSPS) is 16.0. The molecule has 0 amide bonds. The first-order valence-electron chi connectivity index (χ1n) is 22.1. The Hall–Kier alpha value is -3.23. The van der Waals surface area contributed by atoms with Crippen molar-refractivity contribution < 1.29 is 66.7 Å². The predicted octanol–water partition coefficient (Wildman–Crippen LogP) is 9.81. The average Bonchev–Trinajstić information content (AvgIpc) is 3.01. The molecule has 0 rings (SSSR count). The summed E-state index contributed by atoms with van der Waals surface area (Å²) in [5.74, 6) is -10.4. The number of esters is 7. The van der Waals surface area contributed by atoms with Crippen molar-refractivity contribution in [3.63, 3.8) is 0 Å². The van der Waals surface area contributed by atoms with E-state index in [1.165, 1.54) is 0 Å². The van der Waals surface area contributed by atoms with Gasteiger partial charge >= 0.3 is 41.8 Å². The highest BCUT2D eigenvalue weighted by atomic mass is 79.9. The van der Waals surface area contributed by atoms with Crippen molar-refractivity contribution in [2.24, 2.45) is 35.0 Å². The molecule has 0 aromatic carbocycles. The van der Waals surface area contributed by atoms with Crippen molar-refractivity contribution in [3.05, 3.63) is 0 Å². The summed E-state index contributed by atoms with van der Waals surface area (Å²) in [6.07, 6.45) is -1.16. The van der Waals surface area contributed by atoms with Crippen LogP contribution in [0.25, 0.3) is 0 Å². The molecule has 0 bridgehead atoms. The summed E-state index contributed by atoms with van der Waals surface area (Å²) in [5.41, 5.74) is -6.85. The zero-order chi connectivity index (χ0) is 49.9. The van der Waals surface area contributed by atoms with Crippen LogP contribution in [0.4, 0.5) is 0 Å². The highest BCUT2D eigenvalue weighted by molar-refractivity contribution is 9.10. The summed E-state index contributed by atoms with van der Waals surface area (Å²) in [6, 6.07) is 0. The number of carbonyl (C=O) groups is 7. The minimum absolute atomic E-state index is 0.0688. The quantitative estimate of drug-likeness (QED) is 0.0638. The summed E-state index contributed by atoms with van der Waals surface area (Å²) in [5, 5.41) is 0. The largest absolute Gasteiger partial charge is 0.466 e. The van der Waals surface area contributed by atoms with E-state index >= 15 is 0 Å². The first kappa shape index (κ1) is 59.8. The van der Waals surface area contributed by atoms with E-state index in [-0.39, 0.29) is 45.1 Å². The number of hydrogen-bond acceptors (Lipinski definition) is 14. The van der Waals surface area contributed by atoms with E-state index in [1.54, 1.807) is 145 Å². The topological polar surface area (TPSA) is 184 Å². The second kappa shape index (κ2) is 23.3. The maximum atomic E-state index is 14.4. The molecule has 63 heavy (non-hydrogen) atoms. The molecular formula is C48H83BrO14. The molecule has 0 radical (unpaired) electrons. The fourth-order valence-electron chi connectivity index (χ4n) is 6.45. The molecule has 0 aliphatic carbocycles. The second-order valence-electron chi connectivity index (χ2n) is 23.1. The lowest BCUT2D eigenvalue weighted by Crippen LogP contribution is -2.40. The van der Waals surface area contributed by atoms with E-state index in [9.17, 15) is 33.6 Å². The minimum Gasteiger partial charge on any atom is -0.466 e. The summed E-state index contributed by atoms with van der Waals surface area (Å²) >= 11 is 3.40. The first-order chi connectivity index (χ1) is 27.9. The van der Waals surface area contributed by atoms with Crippen LogP contribution in [0.15, 0.2) is 0 Å². The maximum Gasteiger partial charge on any atom is 0.320 e. The molecule has 0 saturated carbocycles. The van der Waals surface area contributed by atoms with E-state index in [4.69, 9.17) is 33.2 Å². The molecule has 0 heterocycles. The minimum atomic E-state index is -1.21. The SMILES string of the molecule is CCOC(=O)C(C)(C)CC(CC(CC(CC(CC(CC(Br)C(=O)OC(C)(C)C)C(=O)OC(C)(C)C)C(=O)OC(C)(C)C)C(=O)OC(C)(C)C)C(=O)OC(C)(C)C)C(=O)OC(C)(C)C. The molecule has 0 saturated heterocycles. The molecule has 366 valence electrons. The van der Waals surface area contributed by atoms with Crippen LogP contribution < -0.4 is 0 Å². The van der Waals surface area contributed by atoms with Gasteiger partial charge in [-0.3, -0.25) is 33.6 Å². The molecule has 0 fully saturated rings. The molecule has 15 heteroatoms. The fourth-order valence-corrected chi connectivity index (χ4v) is 7.00. The van der Waals surface area contributed by atoms with Gasteiger partial charge in [0.25, 0.3) is 0 Å². The van der Waals surface area contributed by atoms with Crippen LogP contribution in [0.2, 0.25) is 0 Å². The van der Waals surface area contributed by atoms with Gasteiger partial charge in [-0.05, 0) is 184 Å². The Bertz CT molecular complexity index is 1560. The number of ether oxygens (including phenoxy) is 7. The lowest BCUT2D eigenvalue weighted by atomic mass is 9.76. The lowest BCUT2D eigenvalue weighted by molar-refractivity contribution is -0.168. The standard InChI is InChI=1S/C48H83BrO14/c1-22-57-41(56)48(20,21)28-33(39(54)62-46(14,15)16)26-31(37(52)60-44(8,9)10)24-29(35(50)58-42(2,3)4)23-30(36(51)59-43(5,6)7)25-32(38(53)61-45(11,12)13)27-34(49)40(55)63-47(17,18)19/h29-34H,22-28H2,1-21H3. The Labute approximate surface area is 387 Å². The molecule has 0 spiro atoms. The van der Waals surface area contributed by atoms with Crippen molar-refractivity contribution in [3.8, 4) is 0 Å². The van der Waals surface area contributed by atoms with Gasteiger partial charge in [0, 0.05) is 0 Å². The third-order valence-corrected chi connectivity index (χ3v) is 9.46. The molecule has 0 aromatic heterocycles. The van der Waals surface area contributed by atoms with E-state index in [1.807, 2.05) is 0 Å². The molecule has 0 aliphatic heterocycles. The first-order valence-corrected chi connectivity index (χ1v) is 23.0. The number of hydrogen-bond donors (Lipinski definition) is 0. The van der Waals surface area contributed by atoms with E-state index in [0.29, 0.717) is 0 Å². The van der Waals surface area contributed by atoms with Gasteiger partial charge in [-0.1, -0.05) is 15.9 Å². The van der Waals surface area contributed by atoms with Crippen LogP contribution in [0.3, 0.4) is 0 Å². The summed E-state index contributed by atoms with van der Waals surface area (Å²) in [6.45, 7) is 35.6. The van der Waals surface area contributed by atoms with Crippen LogP contribution in [0, 0.1) is 35.0 Å². The van der Waals surface area contributed by atoms with Crippen molar-refractivity contribution >= 4 is 57.7 Å². The van der Waals surface area contributed by atoms with Gasteiger partial charge in [-0.2, -0.15) is 0 Å². The maximum absolute atomic E-state index is 14.4. The molecule has 0 aliphatic rings. The monoisotopic (exact) mass is 962 g/mol. The Morgan fingerprint density at radius 1 is 0.365 bits per heavy atom. The third kappa shape index (κ3) is 26.4. The Balaban J connectivity index is 7.80. The van der Waals surface area contributed by atoms with E-state index < -0.39 is 115 Å². The molecule has 0 N–H and O–H groups in total. The fraction of sp³-hybridized carbons (Fsp3) is 0.854. The summed E-state index contributed by atoms with van der Waals surface area (Å²) < 4.78 is 40.3. The van der Waals surface area contributed by atoms with Gasteiger partial charge in [-0.15, -0.1) is 0 Å². The van der Waals surface area contributed by atoms with Crippen molar-refractivity contribution in [2.45, 2.75) is 222 Å². The number of carbonyl (C=O) groups excluding carboxylic acids is 7. The van der Waals surface area contributed by atoms with Gasteiger partial charge in [0.2, 0.25) is 0 Å². The molecule has 14 nitrogen and oxygen atoms in total. The van der Waals surface area contributed by atoms with Crippen LogP contribution in [0.5, 0.6) is 0 Å². The van der Waals surface area contributed by atoms with Crippen molar-refractivity contribution in [2.75, 3.05) is 6.61 Å². The molecular weight excluding hydrogens is 880 g/mol. The Morgan fingerprint density at radius 2 is 0.587 bits per heavy atom. The van der Waals surface area contributed by atoms with Gasteiger partial charge in [0.05, 0.1) is 41.6 Å². The lowest BCUT2D eigenvalue weighted by Gasteiger charge is -2.34. The van der Waals surface area contributed by atoms with Crippen molar-refractivity contribution in [1.29, 1.82) is 0 Å². The Morgan fingerprint density at radius 3 is 0.841 bits per heavy atom. The molecule has 6 atom stereocenters. The van der Waals surface area contributed by atoms with Crippen LogP contribution in [-0.4, -0.2) is 86.8 Å². The highest BCUT2D eigenvalue weighted by Gasteiger charge is 2.44. The number of rotatable bonds is 20. The zero-order valence-electron chi connectivity index (χ0n) is 42.5.